The number of hydrogen-bond donors (Lipinski definition) is 0. The molecule has 2 fully saturated rings. The van der Waals surface area contributed by atoms with Crippen LogP contribution in [0.3, 0.4) is 0 Å². The highest BCUT2D eigenvalue weighted by molar-refractivity contribution is 5.47. The quantitative estimate of drug-likeness (QED) is 0.803. The van der Waals surface area contributed by atoms with Crippen LogP contribution in [0.1, 0.15) is 24.6 Å². The first-order valence-electron chi connectivity index (χ1n) is 8.78. The summed E-state index contributed by atoms with van der Waals surface area (Å²) in [6, 6.07) is 3.30. The van der Waals surface area contributed by atoms with Crippen molar-refractivity contribution in [1.29, 1.82) is 0 Å². The molecule has 7 nitrogen and oxygen atoms in total. The van der Waals surface area contributed by atoms with Crippen LogP contribution in [-0.2, 0) is 6.54 Å². The standard InChI is InChI=1S/C17H20F2N6O/c18-14(19)11-25-16(26)9-13(10-21-25)23-5-7-24(8-6-23)15-3-4-20-17(22-15)12-1-2-12/h3-4,9-10,12,14H,1-2,5-8,11H2. The molecule has 1 saturated carbocycles. The van der Waals surface area contributed by atoms with Crippen LogP contribution in [0.25, 0.3) is 0 Å². The van der Waals surface area contributed by atoms with Crippen LogP contribution in [-0.4, -0.2) is 52.4 Å². The van der Waals surface area contributed by atoms with Gasteiger partial charge in [0.25, 0.3) is 12.0 Å². The summed E-state index contributed by atoms with van der Waals surface area (Å²) < 4.78 is 25.6. The molecule has 0 amide bonds. The molecule has 2 aromatic heterocycles. The van der Waals surface area contributed by atoms with Gasteiger partial charge in [-0.2, -0.15) is 5.10 Å². The predicted molar refractivity (Wildman–Crippen MR) is 92.9 cm³/mol. The van der Waals surface area contributed by atoms with Crippen molar-refractivity contribution in [2.24, 2.45) is 0 Å². The van der Waals surface area contributed by atoms with Crippen LogP contribution >= 0.6 is 0 Å². The molecule has 0 spiro atoms. The minimum atomic E-state index is -2.59. The van der Waals surface area contributed by atoms with Gasteiger partial charge < -0.3 is 9.80 Å². The molecule has 0 aromatic carbocycles. The monoisotopic (exact) mass is 362 g/mol. The summed E-state index contributed by atoms with van der Waals surface area (Å²) in [5.74, 6) is 2.38. The summed E-state index contributed by atoms with van der Waals surface area (Å²) in [7, 11) is 0. The second-order valence-electron chi connectivity index (χ2n) is 6.65. The second-order valence-corrected chi connectivity index (χ2v) is 6.65. The Bertz CT molecular complexity index is 830. The van der Waals surface area contributed by atoms with E-state index in [9.17, 15) is 13.6 Å². The molecular formula is C17H20F2N6O. The molecule has 26 heavy (non-hydrogen) atoms. The number of hydrogen-bond acceptors (Lipinski definition) is 6. The van der Waals surface area contributed by atoms with Crippen molar-refractivity contribution >= 4 is 11.5 Å². The summed E-state index contributed by atoms with van der Waals surface area (Å²) in [6.45, 7) is 2.28. The van der Waals surface area contributed by atoms with Gasteiger partial charge in [-0.3, -0.25) is 4.79 Å². The Morgan fingerprint density at radius 1 is 1.15 bits per heavy atom. The maximum absolute atomic E-state index is 12.4. The average molecular weight is 362 g/mol. The highest BCUT2D eigenvalue weighted by Gasteiger charge is 2.27. The zero-order chi connectivity index (χ0) is 18.1. The summed E-state index contributed by atoms with van der Waals surface area (Å²) in [6.07, 6.45) is 3.04. The molecule has 1 saturated heterocycles. The molecule has 0 N–H and O–H groups in total. The number of alkyl halides is 2. The first-order valence-corrected chi connectivity index (χ1v) is 8.78. The predicted octanol–water partition coefficient (Wildman–Crippen LogP) is 1.50. The first kappa shape index (κ1) is 16.9. The number of rotatable bonds is 5. The van der Waals surface area contributed by atoms with E-state index in [0.717, 1.165) is 29.4 Å². The van der Waals surface area contributed by atoms with E-state index >= 15 is 0 Å². The minimum Gasteiger partial charge on any atom is -0.367 e. The lowest BCUT2D eigenvalue weighted by atomic mass is 10.2. The average Bonchev–Trinajstić information content (AvgIpc) is 3.49. The number of anilines is 2. The van der Waals surface area contributed by atoms with E-state index in [1.54, 1.807) is 0 Å². The molecule has 0 unspecified atom stereocenters. The molecule has 1 aliphatic carbocycles. The van der Waals surface area contributed by atoms with Gasteiger partial charge >= 0.3 is 0 Å². The zero-order valence-corrected chi connectivity index (χ0v) is 14.3. The molecule has 2 aromatic rings. The fourth-order valence-corrected chi connectivity index (χ4v) is 3.14. The lowest BCUT2D eigenvalue weighted by molar-refractivity contribution is 0.119. The fourth-order valence-electron chi connectivity index (χ4n) is 3.14. The van der Waals surface area contributed by atoms with Gasteiger partial charge in [-0.25, -0.2) is 23.4 Å². The van der Waals surface area contributed by atoms with Gasteiger partial charge in [-0.05, 0) is 18.9 Å². The Hall–Kier alpha value is -2.58. The second kappa shape index (κ2) is 6.97. The maximum Gasteiger partial charge on any atom is 0.269 e. The number of halogens is 2. The van der Waals surface area contributed by atoms with Gasteiger partial charge in [0.15, 0.2) is 0 Å². The van der Waals surface area contributed by atoms with E-state index < -0.39 is 18.5 Å². The molecule has 0 radical (unpaired) electrons. The van der Waals surface area contributed by atoms with E-state index in [2.05, 4.69) is 20.0 Å². The van der Waals surface area contributed by atoms with Crippen molar-refractivity contribution in [2.75, 3.05) is 36.0 Å². The third-order valence-electron chi connectivity index (χ3n) is 4.74. The van der Waals surface area contributed by atoms with Gasteiger partial charge in [0, 0.05) is 44.4 Å². The third kappa shape index (κ3) is 3.66. The Kier molecular flexibility index (Phi) is 4.52. The van der Waals surface area contributed by atoms with Gasteiger partial charge in [-0.15, -0.1) is 0 Å². The van der Waals surface area contributed by atoms with Crippen LogP contribution in [0.4, 0.5) is 20.3 Å². The molecular weight excluding hydrogens is 342 g/mol. The van der Waals surface area contributed by atoms with Crippen molar-refractivity contribution in [3.63, 3.8) is 0 Å². The maximum atomic E-state index is 12.4. The van der Waals surface area contributed by atoms with Crippen molar-refractivity contribution in [1.82, 2.24) is 19.7 Å². The SMILES string of the molecule is O=c1cc(N2CCN(c3ccnc(C4CC4)n3)CC2)cnn1CC(F)F. The van der Waals surface area contributed by atoms with Gasteiger partial charge in [0.05, 0.1) is 11.9 Å². The van der Waals surface area contributed by atoms with Crippen molar-refractivity contribution < 1.29 is 8.78 Å². The Labute approximate surface area is 149 Å². The van der Waals surface area contributed by atoms with Crippen LogP contribution in [0.5, 0.6) is 0 Å². The van der Waals surface area contributed by atoms with E-state index in [1.807, 2.05) is 17.2 Å². The normalized spacial score (nSPS) is 17.8. The van der Waals surface area contributed by atoms with Crippen LogP contribution in [0.2, 0.25) is 0 Å². The topological polar surface area (TPSA) is 67.2 Å². The smallest absolute Gasteiger partial charge is 0.269 e. The Morgan fingerprint density at radius 2 is 1.88 bits per heavy atom. The van der Waals surface area contributed by atoms with Gasteiger partial charge in [0.2, 0.25) is 0 Å². The summed E-state index contributed by atoms with van der Waals surface area (Å²) in [4.78, 5) is 25.2. The highest BCUT2D eigenvalue weighted by atomic mass is 19.3. The molecule has 138 valence electrons. The molecule has 4 rings (SSSR count). The van der Waals surface area contributed by atoms with Gasteiger partial charge in [0.1, 0.15) is 18.2 Å². The summed E-state index contributed by atoms with van der Waals surface area (Å²) in [5.41, 5.74) is 0.164. The van der Waals surface area contributed by atoms with E-state index in [-0.39, 0.29) is 0 Å². The molecule has 0 atom stereocenters. The molecule has 3 heterocycles. The molecule has 0 bridgehead atoms. The third-order valence-corrected chi connectivity index (χ3v) is 4.74. The number of aromatic nitrogens is 4. The molecule has 9 heteroatoms. The van der Waals surface area contributed by atoms with E-state index in [1.165, 1.54) is 25.1 Å². The number of nitrogens with zero attached hydrogens (tertiary/aromatic N) is 6. The molecule has 1 aliphatic heterocycles. The van der Waals surface area contributed by atoms with Crippen molar-refractivity contribution in [2.45, 2.75) is 31.7 Å². The van der Waals surface area contributed by atoms with Crippen LogP contribution < -0.4 is 15.4 Å². The Balaban J connectivity index is 1.41. The van der Waals surface area contributed by atoms with E-state index in [4.69, 9.17) is 0 Å². The number of piperazine rings is 1. The minimum absolute atomic E-state index is 0.505. The zero-order valence-electron chi connectivity index (χ0n) is 14.3. The highest BCUT2D eigenvalue weighted by Crippen LogP contribution is 2.38. The van der Waals surface area contributed by atoms with Crippen LogP contribution in [0.15, 0.2) is 29.3 Å². The fraction of sp³-hybridized carbons (Fsp3) is 0.529. The largest absolute Gasteiger partial charge is 0.367 e. The summed E-state index contributed by atoms with van der Waals surface area (Å²) >= 11 is 0. The van der Waals surface area contributed by atoms with E-state index in [0.29, 0.717) is 24.7 Å². The molecule has 2 aliphatic rings. The lowest BCUT2D eigenvalue weighted by Crippen LogP contribution is -2.47. The van der Waals surface area contributed by atoms with Gasteiger partial charge in [-0.1, -0.05) is 0 Å². The first-order chi connectivity index (χ1) is 12.6. The Morgan fingerprint density at radius 3 is 2.54 bits per heavy atom. The van der Waals surface area contributed by atoms with Crippen molar-refractivity contribution in [3.05, 3.63) is 40.7 Å². The summed E-state index contributed by atoms with van der Waals surface area (Å²) in [5, 5.41) is 3.86. The lowest BCUT2D eigenvalue weighted by Gasteiger charge is -2.36. The van der Waals surface area contributed by atoms with Crippen molar-refractivity contribution in [3.8, 4) is 0 Å². The van der Waals surface area contributed by atoms with Crippen LogP contribution in [0, 0.1) is 0 Å².